The van der Waals surface area contributed by atoms with Gasteiger partial charge in [0.15, 0.2) is 0 Å². The van der Waals surface area contributed by atoms with Crippen LogP contribution in [0, 0.1) is 0 Å². The van der Waals surface area contributed by atoms with E-state index >= 15 is 0 Å². The highest BCUT2D eigenvalue weighted by Gasteiger charge is 2.06. The fourth-order valence-corrected chi connectivity index (χ4v) is 3.05. The minimum Gasteiger partial charge on any atom is -0.389 e. The second-order valence-corrected chi connectivity index (χ2v) is 5.58. The molecule has 1 N–H and O–H groups in total. The molecule has 0 aliphatic rings. The third-order valence-corrected chi connectivity index (χ3v) is 3.95. The normalized spacial score (nSPS) is 12.8. The minimum absolute atomic E-state index is 0.429. The minimum atomic E-state index is -0.429. The first-order valence-corrected chi connectivity index (χ1v) is 7.02. The Morgan fingerprint density at radius 1 is 1.50 bits per heavy atom. The van der Waals surface area contributed by atoms with Gasteiger partial charge in [-0.3, -0.25) is 0 Å². The van der Waals surface area contributed by atoms with E-state index in [1.54, 1.807) is 25.8 Å². The number of methoxy groups -OCH3 is 1. The number of halogens is 1. The van der Waals surface area contributed by atoms with E-state index in [4.69, 9.17) is 4.74 Å². The van der Waals surface area contributed by atoms with Gasteiger partial charge in [-0.15, -0.1) is 11.8 Å². The fourth-order valence-electron chi connectivity index (χ4n) is 1.33. The number of aliphatic hydroxyl groups excluding tert-OH is 1. The van der Waals surface area contributed by atoms with E-state index in [0.29, 0.717) is 0 Å². The monoisotopic (exact) mass is 304 g/mol. The van der Waals surface area contributed by atoms with Crippen molar-refractivity contribution >= 4 is 27.7 Å². The van der Waals surface area contributed by atoms with Gasteiger partial charge in [-0.05, 0) is 31.0 Å². The molecule has 0 saturated heterocycles. The zero-order chi connectivity index (χ0) is 12.0. The van der Waals surface area contributed by atoms with Gasteiger partial charge in [-0.25, -0.2) is 0 Å². The lowest BCUT2D eigenvalue weighted by atomic mass is 10.1. The van der Waals surface area contributed by atoms with E-state index in [1.165, 1.54) is 4.90 Å². The molecule has 16 heavy (non-hydrogen) atoms. The summed E-state index contributed by atoms with van der Waals surface area (Å²) in [6, 6.07) is 6.07. The van der Waals surface area contributed by atoms with Crippen molar-refractivity contribution in [1.82, 2.24) is 0 Å². The molecule has 0 fully saturated rings. The van der Waals surface area contributed by atoms with Gasteiger partial charge in [0.1, 0.15) is 0 Å². The lowest BCUT2D eigenvalue weighted by Gasteiger charge is -2.09. The van der Waals surface area contributed by atoms with Crippen molar-refractivity contribution in [3.63, 3.8) is 0 Å². The van der Waals surface area contributed by atoms with Crippen LogP contribution in [0.4, 0.5) is 0 Å². The van der Waals surface area contributed by atoms with Crippen LogP contribution >= 0.6 is 27.7 Å². The number of rotatable bonds is 6. The Hall–Kier alpha value is -0.0300. The summed E-state index contributed by atoms with van der Waals surface area (Å²) in [6.07, 6.45) is 0.624. The van der Waals surface area contributed by atoms with Crippen molar-refractivity contribution in [1.29, 1.82) is 0 Å². The van der Waals surface area contributed by atoms with Crippen LogP contribution in [0.3, 0.4) is 0 Å². The first kappa shape index (κ1) is 14.0. The van der Waals surface area contributed by atoms with Crippen LogP contribution in [0.5, 0.6) is 0 Å². The average molecular weight is 305 g/mol. The van der Waals surface area contributed by atoms with Gasteiger partial charge in [0.2, 0.25) is 0 Å². The van der Waals surface area contributed by atoms with E-state index in [-0.39, 0.29) is 0 Å². The van der Waals surface area contributed by atoms with Gasteiger partial charge >= 0.3 is 0 Å². The second-order valence-electron chi connectivity index (χ2n) is 3.55. The SMILES string of the molecule is COCCCSc1ccc([C@@H](C)O)c(Br)c1. The van der Waals surface area contributed by atoms with Gasteiger partial charge in [-0.1, -0.05) is 22.0 Å². The maximum absolute atomic E-state index is 9.49. The first-order valence-electron chi connectivity index (χ1n) is 5.24. The van der Waals surface area contributed by atoms with Crippen LogP contribution in [0.2, 0.25) is 0 Å². The number of thioether (sulfide) groups is 1. The highest BCUT2D eigenvalue weighted by atomic mass is 79.9. The smallest absolute Gasteiger partial charge is 0.0772 e. The van der Waals surface area contributed by atoms with Gasteiger partial charge in [0.05, 0.1) is 6.10 Å². The standard InChI is InChI=1S/C12H17BrO2S/c1-9(14)11-5-4-10(8-12(11)13)16-7-3-6-15-2/h4-5,8-9,14H,3,6-7H2,1-2H3/t9-/m1/s1. The molecule has 1 aromatic carbocycles. The summed E-state index contributed by atoms with van der Waals surface area (Å²) in [6.45, 7) is 2.57. The third kappa shape index (κ3) is 4.45. The predicted molar refractivity (Wildman–Crippen MR) is 72.0 cm³/mol. The van der Waals surface area contributed by atoms with Crippen molar-refractivity contribution in [2.75, 3.05) is 19.5 Å². The molecular weight excluding hydrogens is 288 g/mol. The number of ether oxygens (including phenoxy) is 1. The number of hydrogen-bond acceptors (Lipinski definition) is 3. The molecule has 2 nitrogen and oxygen atoms in total. The molecule has 1 atom stereocenters. The molecule has 1 rings (SSSR count). The molecule has 0 unspecified atom stereocenters. The van der Waals surface area contributed by atoms with E-state index in [0.717, 1.165) is 28.8 Å². The third-order valence-electron chi connectivity index (χ3n) is 2.18. The van der Waals surface area contributed by atoms with E-state index < -0.39 is 6.10 Å². The summed E-state index contributed by atoms with van der Waals surface area (Å²) < 4.78 is 5.97. The molecule has 0 amide bonds. The summed E-state index contributed by atoms with van der Waals surface area (Å²) in [5.74, 6) is 1.05. The van der Waals surface area contributed by atoms with E-state index in [9.17, 15) is 5.11 Å². The summed E-state index contributed by atoms with van der Waals surface area (Å²) in [4.78, 5) is 1.22. The van der Waals surface area contributed by atoms with Crippen molar-refractivity contribution in [3.05, 3.63) is 28.2 Å². The maximum atomic E-state index is 9.49. The van der Waals surface area contributed by atoms with Crippen LogP contribution in [0.15, 0.2) is 27.6 Å². The molecule has 0 radical (unpaired) electrons. The number of hydrogen-bond donors (Lipinski definition) is 1. The molecule has 0 aliphatic carbocycles. The number of aliphatic hydroxyl groups is 1. The number of benzene rings is 1. The van der Waals surface area contributed by atoms with Crippen LogP contribution in [-0.2, 0) is 4.74 Å². The summed E-state index contributed by atoms with van der Waals surface area (Å²) in [7, 11) is 1.72. The van der Waals surface area contributed by atoms with E-state index in [1.807, 2.05) is 12.1 Å². The Morgan fingerprint density at radius 3 is 2.81 bits per heavy atom. The van der Waals surface area contributed by atoms with Crippen molar-refractivity contribution < 1.29 is 9.84 Å². The predicted octanol–water partition coefficient (Wildman–Crippen LogP) is 3.63. The Labute approximate surface area is 110 Å². The van der Waals surface area contributed by atoms with Gasteiger partial charge < -0.3 is 9.84 Å². The highest BCUT2D eigenvalue weighted by molar-refractivity contribution is 9.10. The largest absolute Gasteiger partial charge is 0.389 e. The zero-order valence-corrected chi connectivity index (χ0v) is 12.0. The molecule has 4 heteroatoms. The van der Waals surface area contributed by atoms with Gasteiger partial charge in [0.25, 0.3) is 0 Å². The van der Waals surface area contributed by atoms with Crippen LogP contribution in [0.25, 0.3) is 0 Å². The van der Waals surface area contributed by atoms with Crippen LogP contribution < -0.4 is 0 Å². The van der Waals surface area contributed by atoms with Crippen LogP contribution in [0.1, 0.15) is 25.0 Å². The Kier molecular flexibility index (Phi) is 6.43. The average Bonchev–Trinajstić information content (AvgIpc) is 2.24. The van der Waals surface area contributed by atoms with Crippen molar-refractivity contribution in [2.45, 2.75) is 24.3 Å². The lowest BCUT2D eigenvalue weighted by Crippen LogP contribution is -1.93. The summed E-state index contributed by atoms with van der Waals surface area (Å²) >= 11 is 5.28. The molecule has 0 bridgehead atoms. The fraction of sp³-hybridized carbons (Fsp3) is 0.500. The van der Waals surface area contributed by atoms with Gasteiger partial charge in [0, 0.05) is 28.8 Å². The molecular formula is C12H17BrO2S. The molecule has 0 saturated carbocycles. The maximum Gasteiger partial charge on any atom is 0.0772 e. The van der Waals surface area contributed by atoms with Crippen molar-refractivity contribution in [3.8, 4) is 0 Å². The molecule has 90 valence electrons. The molecule has 0 aromatic heterocycles. The first-order chi connectivity index (χ1) is 7.65. The van der Waals surface area contributed by atoms with E-state index in [2.05, 4.69) is 22.0 Å². The topological polar surface area (TPSA) is 29.5 Å². The molecule has 0 heterocycles. The van der Waals surface area contributed by atoms with Gasteiger partial charge in [-0.2, -0.15) is 0 Å². The second kappa shape index (κ2) is 7.33. The Balaban J connectivity index is 2.53. The summed E-state index contributed by atoms with van der Waals surface area (Å²) in [5, 5.41) is 9.49. The summed E-state index contributed by atoms with van der Waals surface area (Å²) in [5.41, 5.74) is 0.932. The van der Waals surface area contributed by atoms with Crippen LogP contribution in [-0.4, -0.2) is 24.6 Å². The van der Waals surface area contributed by atoms with Crippen molar-refractivity contribution in [2.24, 2.45) is 0 Å². The Morgan fingerprint density at radius 2 is 2.25 bits per heavy atom. The molecule has 0 aliphatic heterocycles. The zero-order valence-electron chi connectivity index (χ0n) is 9.57. The Bertz CT molecular complexity index is 329. The molecule has 1 aromatic rings. The quantitative estimate of drug-likeness (QED) is 0.643. The molecule has 0 spiro atoms. The lowest BCUT2D eigenvalue weighted by molar-refractivity contribution is 0.198. The highest BCUT2D eigenvalue weighted by Crippen LogP contribution is 2.29.